The van der Waals surface area contributed by atoms with Crippen molar-refractivity contribution in [2.45, 2.75) is 13.8 Å². The number of nitro groups is 1. The minimum atomic E-state index is -1.21. The smallest absolute Gasteiger partial charge is 0.335 e. The fraction of sp³-hybridized carbons (Fsp3) is 0.0741. The van der Waals surface area contributed by atoms with Gasteiger partial charge in [0.2, 0.25) is 0 Å². The highest BCUT2D eigenvalue weighted by Gasteiger charge is 2.38. The van der Waals surface area contributed by atoms with Gasteiger partial charge in [-0.2, -0.15) is 0 Å². The number of hydrogen-bond donors (Lipinski definition) is 1. The summed E-state index contributed by atoms with van der Waals surface area (Å²) in [6, 6.07) is 15.5. The fourth-order valence-corrected chi connectivity index (χ4v) is 4.85. The van der Waals surface area contributed by atoms with Crippen LogP contribution in [-0.4, -0.2) is 27.8 Å². The van der Waals surface area contributed by atoms with Gasteiger partial charge in [-0.25, -0.2) is 9.69 Å². The number of nitrogens with zero attached hydrogens (tertiary/aromatic N) is 2. The predicted molar refractivity (Wildman–Crippen MR) is 138 cm³/mol. The van der Waals surface area contributed by atoms with Crippen LogP contribution in [0, 0.1) is 24.0 Å². The molecule has 0 spiro atoms. The molecule has 0 fully saturated rings. The van der Waals surface area contributed by atoms with E-state index in [1.807, 2.05) is 6.92 Å². The van der Waals surface area contributed by atoms with Crippen LogP contribution in [0.15, 0.2) is 65.1 Å². The van der Waals surface area contributed by atoms with Gasteiger partial charge in [-0.15, -0.1) is 0 Å². The maximum Gasteiger partial charge on any atom is 0.335 e. The molecule has 0 bridgehead atoms. The highest BCUT2D eigenvalue weighted by atomic mass is 79.9. The quantitative estimate of drug-likeness (QED) is 0.183. The Labute approximate surface area is 213 Å². The second-order valence-corrected chi connectivity index (χ2v) is 9.37. The molecule has 0 atom stereocenters. The summed E-state index contributed by atoms with van der Waals surface area (Å²) < 4.78 is 0.844. The SMILES string of the molecule is Cc1cc(-c2c([N+](=O)[O-])cc3c4c(cccc24)C(=O)N(c2cc(C(=O)O)ccc2C)C3=O)ccc1Br. The lowest BCUT2D eigenvalue weighted by molar-refractivity contribution is -0.384. The molecule has 5 rings (SSSR count). The zero-order chi connectivity index (χ0) is 25.9. The minimum absolute atomic E-state index is 0.00427. The summed E-state index contributed by atoms with van der Waals surface area (Å²) in [6.45, 7) is 3.52. The number of carbonyl (C=O) groups excluding carboxylic acids is 2. The Bertz CT molecular complexity index is 1680. The summed E-state index contributed by atoms with van der Waals surface area (Å²) in [5.41, 5.74) is 2.23. The molecule has 0 unspecified atom stereocenters. The first-order valence-electron chi connectivity index (χ1n) is 10.8. The van der Waals surface area contributed by atoms with Gasteiger partial charge in [-0.3, -0.25) is 19.7 Å². The van der Waals surface area contributed by atoms with Crippen LogP contribution in [0.3, 0.4) is 0 Å². The van der Waals surface area contributed by atoms with Crippen LogP contribution in [-0.2, 0) is 0 Å². The lowest BCUT2D eigenvalue weighted by atomic mass is 9.87. The molecule has 1 aliphatic rings. The van der Waals surface area contributed by atoms with Crippen molar-refractivity contribution in [3.8, 4) is 11.1 Å². The molecular weight excluding hydrogens is 528 g/mol. The van der Waals surface area contributed by atoms with Crippen LogP contribution in [0.4, 0.5) is 11.4 Å². The first-order valence-corrected chi connectivity index (χ1v) is 11.6. The molecule has 36 heavy (non-hydrogen) atoms. The molecule has 4 aromatic rings. The van der Waals surface area contributed by atoms with Crippen LogP contribution >= 0.6 is 15.9 Å². The van der Waals surface area contributed by atoms with Gasteiger partial charge < -0.3 is 5.11 Å². The highest BCUT2D eigenvalue weighted by Crippen LogP contribution is 2.44. The predicted octanol–water partition coefficient (Wildman–Crippen LogP) is 6.29. The minimum Gasteiger partial charge on any atom is -0.478 e. The highest BCUT2D eigenvalue weighted by molar-refractivity contribution is 9.10. The molecule has 1 aliphatic heterocycles. The third kappa shape index (κ3) is 3.47. The Kier molecular flexibility index (Phi) is 5.44. The zero-order valence-corrected chi connectivity index (χ0v) is 20.6. The fourth-order valence-electron chi connectivity index (χ4n) is 4.60. The van der Waals surface area contributed by atoms with Crippen LogP contribution in [0.5, 0.6) is 0 Å². The van der Waals surface area contributed by atoms with Crippen LogP contribution in [0.1, 0.15) is 42.2 Å². The molecule has 4 aromatic carbocycles. The van der Waals surface area contributed by atoms with E-state index in [4.69, 9.17) is 0 Å². The van der Waals surface area contributed by atoms with E-state index in [1.165, 1.54) is 24.3 Å². The van der Waals surface area contributed by atoms with E-state index in [0.29, 0.717) is 27.5 Å². The monoisotopic (exact) mass is 544 g/mol. The third-order valence-electron chi connectivity index (χ3n) is 6.35. The molecule has 0 aliphatic carbocycles. The van der Waals surface area contributed by atoms with E-state index in [0.717, 1.165) is 14.9 Å². The molecule has 0 saturated heterocycles. The van der Waals surface area contributed by atoms with Gasteiger partial charge in [0.05, 0.1) is 27.3 Å². The molecule has 0 saturated carbocycles. The van der Waals surface area contributed by atoms with E-state index in [9.17, 15) is 29.6 Å². The van der Waals surface area contributed by atoms with Crippen molar-refractivity contribution >= 4 is 55.9 Å². The number of carbonyl (C=O) groups is 3. The Morgan fingerprint density at radius 2 is 1.67 bits per heavy atom. The number of carboxylic acids is 1. The number of rotatable bonds is 4. The molecule has 8 nitrogen and oxygen atoms in total. The molecule has 0 radical (unpaired) electrons. The number of hydrogen-bond acceptors (Lipinski definition) is 5. The number of nitro benzene ring substituents is 1. The maximum absolute atomic E-state index is 13.7. The second-order valence-electron chi connectivity index (χ2n) is 8.52. The van der Waals surface area contributed by atoms with Gasteiger partial charge in [0.25, 0.3) is 17.5 Å². The topological polar surface area (TPSA) is 118 Å². The van der Waals surface area contributed by atoms with Crippen molar-refractivity contribution in [2.24, 2.45) is 0 Å². The van der Waals surface area contributed by atoms with Crippen LogP contribution in [0.25, 0.3) is 21.9 Å². The molecular formula is C27H17BrN2O6. The number of benzene rings is 4. The number of aromatic carboxylic acids is 1. The van der Waals surface area contributed by atoms with Crippen LogP contribution < -0.4 is 4.90 Å². The largest absolute Gasteiger partial charge is 0.478 e. The van der Waals surface area contributed by atoms with E-state index in [-0.39, 0.29) is 28.1 Å². The van der Waals surface area contributed by atoms with Gasteiger partial charge >= 0.3 is 5.97 Å². The Morgan fingerprint density at radius 3 is 2.33 bits per heavy atom. The van der Waals surface area contributed by atoms with E-state index in [1.54, 1.807) is 43.3 Å². The van der Waals surface area contributed by atoms with E-state index >= 15 is 0 Å². The molecule has 1 heterocycles. The summed E-state index contributed by atoms with van der Waals surface area (Å²) in [7, 11) is 0. The lowest BCUT2D eigenvalue weighted by Gasteiger charge is -2.29. The number of imide groups is 1. The van der Waals surface area contributed by atoms with Crippen molar-refractivity contribution in [3.05, 3.63) is 103 Å². The maximum atomic E-state index is 13.7. The standard InChI is InChI=1S/C27H17BrN2O6/c1-13-6-7-16(27(33)34)11-21(13)29-25(31)18-5-3-4-17-23(15-8-9-20(28)14(2)10-15)22(30(35)36)12-19(24(17)18)26(29)32/h3-12H,1-2H3,(H,33,34). The molecule has 9 heteroatoms. The molecule has 1 N–H and O–H groups in total. The van der Waals surface area contributed by atoms with E-state index < -0.39 is 22.7 Å². The average Bonchev–Trinajstić information content (AvgIpc) is 2.84. The lowest BCUT2D eigenvalue weighted by Crippen LogP contribution is -2.41. The van der Waals surface area contributed by atoms with Crippen molar-refractivity contribution < 1.29 is 24.4 Å². The summed E-state index contributed by atoms with van der Waals surface area (Å²) >= 11 is 3.44. The second kappa shape index (κ2) is 8.39. The van der Waals surface area contributed by atoms with Gasteiger partial charge in [0.1, 0.15) is 0 Å². The summed E-state index contributed by atoms with van der Waals surface area (Å²) in [5, 5.41) is 22.4. The molecule has 178 valence electrons. The number of halogens is 1. The van der Waals surface area contributed by atoms with Gasteiger partial charge in [0, 0.05) is 21.5 Å². The third-order valence-corrected chi connectivity index (χ3v) is 7.24. The molecule has 0 aromatic heterocycles. The summed E-state index contributed by atoms with van der Waals surface area (Å²) in [6.07, 6.45) is 0. The normalized spacial score (nSPS) is 12.8. The first-order chi connectivity index (χ1) is 17.1. The Morgan fingerprint density at radius 1 is 0.944 bits per heavy atom. The van der Waals surface area contributed by atoms with Crippen molar-refractivity contribution in [1.29, 1.82) is 0 Å². The Hall–Kier alpha value is -4.37. The van der Waals surface area contributed by atoms with Gasteiger partial charge in [0.15, 0.2) is 0 Å². The van der Waals surface area contributed by atoms with Crippen molar-refractivity contribution in [1.82, 2.24) is 0 Å². The van der Waals surface area contributed by atoms with Gasteiger partial charge in [-0.05, 0) is 60.2 Å². The number of amides is 2. The number of aryl methyl sites for hydroxylation is 2. The van der Waals surface area contributed by atoms with Gasteiger partial charge in [-0.1, -0.05) is 46.3 Å². The summed E-state index contributed by atoms with van der Waals surface area (Å²) in [4.78, 5) is 51.4. The number of carboxylic acid groups (broad SMARTS) is 1. The Balaban J connectivity index is 1.82. The average molecular weight is 545 g/mol. The van der Waals surface area contributed by atoms with Crippen molar-refractivity contribution in [2.75, 3.05) is 4.90 Å². The first kappa shape index (κ1) is 23.4. The van der Waals surface area contributed by atoms with Crippen molar-refractivity contribution in [3.63, 3.8) is 0 Å². The zero-order valence-electron chi connectivity index (χ0n) is 19.0. The molecule has 2 amide bonds. The van der Waals surface area contributed by atoms with Crippen LogP contribution in [0.2, 0.25) is 0 Å². The summed E-state index contributed by atoms with van der Waals surface area (Å²) in [5.74, 6) is -2.59. The van der Waals surface area contributed by atoms with E-state index in [2.05, 4.69) is 15.9 Å². The number of anilines is 1.